The quantitative estimate of drug-likeness (QED) is 0.319. The summed E-state index contributed by atoms with van der Waals surface area (Å²) in [6.07, 6.45) is 0.833. The molecule has 1 amide bonds. The summed E-state index contributed by atoms with van der Waals surface area (Å²) in [5.41, 5.74) is 5.72. The second kappa shape index (κ2) is 8.07. The molecule has 0 fully saturated rings. The minimum absolute atomic E-state index is 0.0611. The van der Waals surface area contributed by atoms with Crippen LogP contribution in [0.1, 0.15) is 43.9 Å². The first kappa shape index (κ1) is 21.8. The Morgan fingerprint density at radius 3 is 2.58 bits per heavy atom. The van der Waals surface area contributed by atoms with Crippen molar-refractivity contribution in [1.82, 2.24) is 4.98 Å². The second-order valence-electron chi connectivity index (χ2n) is 9.67. The van der Waals surface area contributed by atoms with E-state index in [2.05, 4.69) is 75.1 Å². The molecule has 33 heavy (non-hydrogen) atoms. The number of carbonyl (C=O) groups excluding carboxylic acids is 1. The van der Waals surface area contributed by atoms with Crippen molar-refractivity contribution < 1.29 is 9.21 Å². The number of hydrogen-bond acceptors (Lipinski definition) is 4. The highest BCUT2D eigenvalue weighted by atomic mass is 32.2. The van der Waals surface area contributed by atoms with E-state index in [0.29, 0.717) is 5.22 Å². The number of oxazole rings is 1. The molecule has 1 aliphatic rings. The molecule has 2 heterocycles. The van der Waals surface area contributed by atoms with Gasteiger partial charge in [-0.1, -0.05) is 78.8 Å². The van der Waals surface area contributed by atoms with Gasteiger partial charge < -0.3 is 9.32 Å². The first-order valence-corrected chi connectivity index (χ1v) is 12.2. The minimum atomic E-state index is -0.355. The van der Waals surface area contributed by atoms with Gasteiger partial charge in [0, 0.05) is 16.6 Å². The Hall–Kier alpha value is -3.05. The lowest BCUT2D eigenvalue weighted by Gasteiger charge is -2.51. The molecular formula is C28H28N2O2S. The summed E-state index contributed by atoms with van der Waals surface area (Å²) < 4.78 is 5.81. The highest BCUT2D eigenvalue weighted by Gasteiger charge is 2.47. The molecule has 0 saturated carbocycles. The molecule has 0 saturated heterocycles. The molecule has 0 radical (unpaired) electrons. The maximum atomic E-state index is 13.6. The topological polar surface area (TPSA) is 46.3 Å². The van der Waals surface area contributed by atoms with Crippen LogP contribution in [-0.4, -0.2) is 22.2 Å². The first-order chi connectivity index (χ1) is 15.8. The largest absolute Gasteiger partial charge is 0.431 e. The fourth-order valence-electron chi connectivity index (χ4n) is 5.32. The van der Waals surface area contributed by atoms with Crippen molar-refractivity contribution in [1.29, 1.82) is 0 Å². The normalized spacial score (nSPS) is 19.5. The van der Waals surface area contributed by atoms with Crippen LogP contribution in [0.5, 0.6) is 0 Å². The lowest BCUT2D eigenvalue weighted by molar-refractivity contribution is -0.117. The second-order valence-corrected chi connectivity index (χ2v) is 10.6. The van der Waals surface area contributed by atoms with Crippen molar-refractivity contribution in [3.8, 4) is 0 Å². The Morgan fingerprint density at radius 2 is 1.79 bits per heavy atom. The van der Waals surface area contributed by atoms with E-state index in [1.807, 2.05) is 35.2 Å². The minimum Gasteiger partial charge on any atom is -0.431 e. The van der Waals surface area contributed by atoms with Crippen LogP contribution in [0, 0.1) is 6.92 Å². The Labute approximate surface area is 199 Å². The van der Waals surface area contributed by atoms with Crippen molar-refractivity contribution in [2.45, 2.75) is 50.3 Å². The summed E-state index contributed by atoms with van der Waals surface area (Å²) in [6, 6.07) is 24.7. The third kappa shape index (κ3) is 3.84. The van der Waals surface area contributed by atoms with Gasteiger partial charge in [0.2, 0.25) is 5.91 Å². The Balaban J connectivity index is 1.48. The number of nitrogens with zero attached hydrogens (tertiary/aromatic N) is 2. The lowest BCUT2D eigenvalue weighted by atomic mass is 9.65. The monoisotopic (exact) mass is 456 g/mol. The van der Waals surface area contributed by atoms with Crippen molar-refractivity contribution in [2.75, 3.05) is 10.7 Å². The average Bonchev–Trinajstić information content (AvgIpc) is 3.20. The third-order valence-electron chi connectivity index (χ3n) is 6.63. The number of rotatable bonds is 4. The van der Waals surface area contributed by atoms with Crippen LogP contribution >= 0.6 is 11.8 Å². The zero-order valence-corrected chi connectivity index (χ0v) is 20.3. The number of hydrogen-bond donors (Lipinski definition) is 0. The molecule has 5 heteroatoms. The van der Waals surface area contributed by atoms with Crippen LogP contribution < -0.4 is 4.90 Å². The van der Waals surface area contributed by atoms with Gasteiger partial charge in [-0.3, -0.25) is 4.79 Å². The highest BCUT2D eigenvalue weighted by molar-refractivity contribution is 7.99. The van der Waals surface area contributed by atoms with Gasteiger partial charge in [0.25, 0.3) is 5.22 Å². The smallest absolute Gasteiger partial charge is 0.257 e. The van der Waals surface area contributed by atoms with Gasteiger partial charge >= 0.3 is 0 Å². The van der Waals surface area contributed by atoms with Gasteiger partial charge in [-0.2, -0.15) is 0 Å². The molecule has 0 bridgehead atoms. The van der Waals surface area contributed by atoms with Gasteiger partial charge in [-0.25, -0.2) is 4.98 Å². The zero-order chi connectivity index (χ0) is 23.2. The number of fused-ring (bicyclic) bond motifs is 2. The lowest BCUT2D eigenvalue weighted by Crippen LogP contribution is -2.56. The molecule has 168 valence electrons. The Morgan fingerprint density at radius 1 is 1.03 bits per heavy atom. The fourth-order valence-corrected chi connectivity index (χ4v) is 6.01. The number of aryl methyl sites for hydroxylation is 1. The molecule has 0 spiro atoms. The van der Waals surface area contributed by atoms with Crippen LogP contribution in [-0.2, 0) is 10.2 Å². The molecule has 3 aromatic carbocycles. The van der Waals surface area contributed by atoms with E-state index in [1.54, 1.807) is 0 Å². The van der Waals surface area contributed by atoms with Crippen LogP contribution in [0.2, 0.25) is 0 Å². The molecule has 4 nitrogen and oxygen atoms in total. The van der Waals surface area contributed by atoms with E-state index in [-0.39, 0.29) is 22.6 Å². The maximum absolute atomic E-state index is 13.6. The number of benzene rings is 3. The third-order valence-corrected chi connectivity index (χ3v) is 7.44. The maximum Gasteiger partial charge on any atom is 0.257 e. The summed E-state index contributed by atoms with van der Waals surface area (Å²) >= 11 is 1.35. The van der Waals surface area contributed by atoms with Gasteiger partial charge in [-0.05, 0) is 56.5 Å². The van der Waals surface area contributed by atoms with Gasteiger partial charge in [-0.15, -0.1) is 0 Å². The number of thioether (sulfide) groups is 1. The van der Waals surface area contributed by atoms with Gasteiger partial charge in [0.1, 0.15) is 5.52 Å². The molecule has 0 unspecified atom stereocenters. The molecule has 0 aliphatic carbocycles. The standard InChI is InChI=1S/C28H28N2O2S/c1-19-10-9-11-20(16-19)28(4)18-27(2,3)30(23-14-7-5-12-21(23)28)25(31)17-33-26-29-22-13-6-8-15-24(22)32-26/h5-16H,17-18H2,1-4H3/t28-/m1/s1. The number of anilines is 1. The molecule has 1 atom stereocenters. The van der Waals surface area contributed by atoms with E-state index in [1.165, 1.54) is 28.5 Å². The number of aromatic nitrogens is 1. The summed E-state index contributed by atoms with van der Waals surface area (Å²) in [6.45, 7) is 8.76. The predicted molar refractivity (Wildman–Crippen MR) is 135 cm³/mol. The SMILES string of the molecule is Cc1cccc([C@@]2(C)CC(C)(C)N(C(=O)CSc3nc4ccccc4o3)c3ccccc32)c1. The summed E-state index contributed by atoms with van der Waals surface area (Å²) in [7, 11) is 0. The van der Waals surface area contributed by atoms with E-state index in [4.69, 9.17) is 4.42 Å². The molecule has 5 rings (SSSR count). The Bertz CT molecular complexity index is 1310. The van der Waals surface area contributed by atoms with Crippen LogP contribution in [0.4, 0.5) is 5.69 Å². The molecular weight excluding hydrogens is 428 g/mol. The molecule has 1 aromatic heterocycles. The van der Waals surface area contributed by atoms with Crippen LogP contribution in [0.15, 0.2) is 82.4 Å². The fraction of sp³-hybridized carbons (Fsp3) is 0.286. The summed E-state index contributed by atoms with van der Waals surface area (Å²) in [5.74, 6) is 0.331. The number of para-hydroxylation sites is 3. The predicted octanol–water partition coefficient (Wildman–Crippen LogP) is 6.75. The molecule has 0 N–H and O–H groups in total. The zero-order valence-electron chi connectivity index (χ0n) is 19.5. The van der Waals surface area contributed by atoms with Crippen LogP contribution in [0.25, 0.3) is 11.1 Å². The van der Waals surface area contributed by atoms with Crippen LogP contribution in [0.3, 0.4) is 0 Å². The van der Waals surface area contributed by atoms with Gasteiger partial charge in [0.15, 0.2) is 5.58 Å². The van der Waals surface area contributed by atoms with Crippen molar-refractivity contribution >= 4 is 34.5 Å². The van der Waals surface area contributed by atoms with E-state index >= 15 is 0 Å². The molecule has 1 aliphatic heterocycles. The molecule has 4 aromatic rings. The first-order valence-electron chi connectivity index (χ1n) is 11.3. The van der Waals surface area contributed by atoms with Crippen molar-refractivity contribution in [2.24, 2.45) is 0 Å². The van der Waals surface area contributed by atoms with Crippen molar-refractivity contribution in [3.63, 3.8) is 0 Å². The van der Waals surface area contributed by atoms with E-state index in [0.717, 1.165) is 23.2 Å². The van der Waals surface area contributed by atoms with Gasteiger partial charge in [0.05, 0.1) is 5.75 Å². The van der Waals surface area contributed by atoms with E-state index < -0.39 is 0 Å². The van der Waals surface area contributed by atoms with E-state index in [9.17, 15) is 4.79 Å². The summed E-state index contributed by atoms with van der Waals surface area (Å²) in [5, 5.41) is 0.525. The number of amides is 1. The highest BCUT2D eigenvalue weighted by Crippen LogP contribution is 2.50. The Kier molecular flexibility index (Phi) is 5.32. The van der Waals surface area contributed by atoms with Crippen molar-refractivity contribution in [3.05, 3.63) is 89.5 Å². The number of carbonyl (C=O) groups is 1. The average molecular weight is 457 g/mol. The summed E-state index contributed by atoms with van der Waals surface area (Å²) in [4.78, 5) is 20.1.